The predicted octanol–water partition coefficient (Wildman–Crippen LogP) is 3.11. The molecule has 1 atom stereocenters. The van der Waals surface area contributed by atoms with Gasteiger partial charge in [0, 0.05) is 11.6 Å². The molecular weight excluding hydrogens is 285 g/mol. The molecule has 1 aromatic heterocycles. The van der Waals surface area contributed by atoms with Crippen LogP contribution in [0.15, 0.2) is 28.8 Å². The number of carbonyl (C=O) groups is 1. The van der Waals surface area contributed by atoms with Crippen molar-refractivity contribution >= 4 is 11.6 Å². The Kier molecular flexibility index (Phi) is 5.27. The average molecular weight is 305 g/mol. The molecule has 0 aliphatic heterocycles. The van der Waals surface area contributed by atoms with Crippen LogP contribution in [0.4, 0.5) is 10.1 Å². The second-order valence-electron chi connectivity index (χ2n) is 5.11. The largest absolute Gasteiger partial charge is 0.361 e. The first-order valence-electron chi connectivity index (χ1n) is 7.23. The number of aromatic nitrogens is 1. The van der Waals surface area contributed by atoms with Gasteiger partial charge < -0.3 is 15.2 Å². The number of carbonyl (C=O) groups excluding carboxylic acids is 1. The molecule has 0 aliphatic rings. The summed E-state index contributed by atoms with van der Waals surface area (Å²) in [6, 6.07) is 6.05. The van der Waals surface area contributed by atoms with E-state index < -0.39 is 5.82 Å². The van der Waals surface area contributed by atoms with E-state index in [2.05, 4.69) is 15.8 Å². The molecule has 5 nitrogen and oxygen atoms in total. The highest BCUT2D eigenvalue weighted by atomic mass is 19.1. The molecule has 2 rings (SSSR count). The standard InChI is InChI=1S/C16H20FN3O2/c1-4-13(16-10(2)20-22-11(16)3)18-9-15(21)19-14-8-6-5-7-12(14)17/h5-8,13,18H,4,9H2,1-3H3,(H,19,21). The number of hydrogen-bond donors (Lipinski definition) is 2. The Morgan fingerprint density at radius 1 is 1.36 bits per heavy atom. The van der Waals surface area contributed by atoms with E-state index in [1.54, 1.807) is 12.1 Å². The molecule has 0 aliphatic carbocycles. The van der Waals surface area contributed by atoms with Crippen LogP contribution in [0.25, 0.3) is 0 Å². The summed E-state index contributed by atoms with van der Waals surface area (Å²) in [5.74, 6) is -0.00436. The Balaban J connectivity index is 1.96. The Morgan fingerprint density at radius 3 is 2.68 bits per heavy atom. The van der Waals surface area contributed by atoms with Crippen molar-refractivity contribution in [3.8, 4) is 0 Å². The third kappa shape index (κ3) is 3.71. The van der Waals surface area contributed by atoms with Crippen molar-refractivity contribution in [2.24, 2.45) is 0 Å². The number of amides is 1. The molecule has 0 bridgehead atoms. The Morgan fingerprint density at radius 2 is 2.09 bits per heavy atom. The smallest absolute Gasteiger partial charge is 0.238 e. The molecular formula is C16H20FN3O2. The molecule has 1 aromatic carbocycles. The van der Waals surface area contributed by atoms with Gasteiger partial charge in [-0.1, -0.05) is 24.2 Å². The zero-order valence-electron chi connectivity index (χ0n) is 12.9. The minimum atomic E-state index is -0.450. The lowest BCUT2D eigenvalue weighted by molar-refractivity contribution is -0.115. The molecule has 1 heterocycles. The third-order valence-corrected chi connectivity index (χ3v) is 3.50. The quantitative estimate of drug-likeness (QED) is 0.860. The summed E-state index contributed by atoms with van der Waals surface area (Å²) in [4.78, 5) is 11.9. The van der Waals surface area contributed by atoms with Gasteiger partial charge in [0.15, 0.2) is 0 Å². The van der Waals surface area contributed by atoms with Gasteiger partial charge in [0.1, 0.15) is 11.6 Å². The predicted molar refractivity (Wildman–Crippen MR) is 82.0 cm³/mol. The van der Waals surface area contributed by atoms with Gasteiger partial charge in [-0.25, -0.2) is 4.39 Å². The van der Waals surface area contributed by atoms with Crippen molar-refractivity contribution in [1.29, 1.82) is 0 Å². The lowest BCUT2D eigenvalue weighted by Crippen LogP contribution is -2.31. The van der Waals surface area contributed by atoms with Crippen LogP contribution in [0.2, 0.25) is 0 Å². The summed E-state index contributed by atoms with van der Waals surface area (Å²) < 4.78 is 18.6. The molecule has 22 heavy (non-hydrogen) atoms. The number of anilines is 1. The van der Waals surface area contributed by atoms with E-state index in [9.17, 15) is 9.18 Å². The topological polar surface area (TPSA) is 67.2 Å². The van der Waals surface area contributed by atoms with Crippen LogP contribution in [0.1, 0.15) is 36.4 Å². The zero-order chi connectivity index (χ0) is 16.1. The van der Waals surface area contributed by atoms with Crippen LogP contribution in [0.5, 0.6) is 0 Å². The van der Waals surface area contributed by atoms with E-state index in [4.69, 9.17) is 4.52 Å². The SMILES string of the molecule is CCC(NCC(=O)Nc1ccccc1F)c1c(C)noc1C. The van der Waals surface area contributed by atoms with Crippen LogP contribution in [0, 0.1) is 19.7 Å². The number of rotatable bonds is 6. The van der Waals surface area contributed by atoms with Crippen molar-refractivity contribution < 1.29 is 13.7 Å². The highest BCUT2D eigenvalue weighted by molar-refractivity contribution is 5.92. The monoisotopic (exact) mass is 305 g/mol. The lowest BCUT2D eigenvalue weighted by Gasteiger charge is -2.16. The number of nitrogens with zero attached hydrogens (tertiary/aromatic N) is 1. The van der Waals surface area contributed by atoms with Crippen molar-refractivity contribution in [2.45, 2.75) is 33.2 Å². The Hall–Kier alpha value is -2.21. The number of aryl methyl sites for hydroxylation is 2. The highest BCUT2D eigenvalue weighted by Gasteiger charge is 2.19. The molecule has 0 saturated carbocycles. The highest BCUT2D eigenvalue weighted by Crippen LogP contribution is 2.23. The summed E-state index contributed by atoms with van der Waals surface area (Å²) in [6.07, 6.45) is 0.788. The van der Waals surface area contributed by atoms with Crippen molar-refractivity contribution in [2.75, 3.05) is 11.9 Å². The number of para-hydroxylation sites is 1. The van der Waals surface area contributed by atoms with Gasteiger partial charge in [0.05, 0.1) is 17.9 Å². The molecule has 2 N–H and O–H groups in total. The maximum atomic E-state index is 13.5. The second-order valence-corrected chi connectivity index (χ2v) is 5.11. The van der Waals surface area contributed by atoms with Gasteiger partial charge in [-0.15, -0.1) is 0 Å². The Bertz CT molecular complexity index is 635. The fraction of sp³-hybridized carbons (Fsp3) is 0.375. The first-order valence-corrected chi connectivity index (χ1v) is 7.23. The summed E-state index contributed by atoms with van der Waals surface area (Å²) >= 11 is 0. The van der Waals surface area contributed by atoms with Crippen molar-refractivity contribution in [3.05, 3.63) is 47.1 Å². The van der Waals surface area contributed by atoms with Crippen LogP contribution in [-0.2, 0) is 4.79 Å². The molecule has 0 radical (unpaired) electrons. The number of hydrogen-bond acceptors (Lipinski definition) is 4. The molecule has 0 saturated heterocycles. The van der Waals surface area contributed by atoms with E-state index in [-0.39, 0.29) is 24.2 Å². The molecule has 1 unspecified atom stereocenters. The summed E-state index contributed by atoms with van der Waals surface area (Å²) in [5, 5.41) is 9.63. The van der Waals surface area contributed by atoms with Crippen molar-refractivity contribution in [1.82, 2.24) is 10.5 Å². The summed E-state index contributed by atoms with van der Waals surface area (Å²) in [7, 11) is 0. The van der Waals surface area contributed by atoms with Gasteiger partial charge in [-0.05, 0) is 32.4 Å². The first-order chi connectivity index (χ1) is 10.5. The van der Waals surface area contributed by atoms with Crippen LogP contribution < -0.4 is 10.6 Å². The number of benzene rings is 1. The minimum absolute atomic E-state index is 0.0300. The molecule has 118 valence electrons. The maximum absolute atomic E-state index is 13.5. The van der Waals surface area contributed by atoms with Crippen LogP contribution >= 0.6 is 0 Å². The third-order valence-electron chi connectivity index (χ3n) is 3.50. The van der Waals surface area contributed by atoms with Gasteiger partial charge in [-0.2, -0.15) is 0 Å². The normalized spacial score (nSPS) is 12.2. The van der Waals surface area contributed by atoms with Crippen LogP contribution in [-0.4, -0.2) is 17.6 Å². The number of nitrogens with one attached hydrogen (secondary N) is 2. The molecule has 2 aromatic rings. The van der Waals surface area contributed by atoms with E-state index in [1.807, 2.05) is 20.8 Å². The fourth-order valence-corrected chi connectivity index (χ4v) is 2.41. The number of halogens is 1. The first kappa shape index (κ1) is 16.2. The summed E-state index contributed by atoms with van der Waals surface area (Å²) in [6.45, 7) is 5.81. The molecule has 6 heteroatoms. The van der Waals surface area contributed by atoms with Gasteiger partial charge in [0.25, 0.3) is 0 Å². The maximum Gasteiger partial charge on any atom is 0.238 e. The van der Waals surface area contributed by atoms with E-state index in [0.29, 0.717) is 0 Å². The molecule has 1 amide bonds. The zero-order valence-corrected chi connectivity index (χ0v) is 12.9. The molecule has 0 spiro atoms. The van der Waals surface area contributed by atoms with E-state index >= 15 is 0 Å². The van der Waals surface area contributed by atoms with E-state index in [0.717, 1.165) is 23.4 Å². The van der Waals surface area contributed by atoms with E-state index in [1.165, 1.54) is 12.1 Å². The van der Waals surface area contributed by atoms with Gasteiger partial charge in [0.2, 0.25) is 5.91 Å². The van der Waals surface area contributed by atoms with Gasteiger partial charge in [-0.3, -0.25) is 4.79 Å². The van der Waals surface area contributed by atoms with Crippen LogP contribution in [0.3, 0.4) is 0 Å². The summed E-state index contributed by atoms with van der Waals surface area (Å²) in [5.41, 5.74) is 1.97. The lowest BCUT2D eigenvalue weighted by atomic mass is 10.0. The molecule has 0 fully saturated rings. The Labute approximate surface area is 128 Å². The minimum Gasteiger partial charge on any atom is -0.361 e. The fourth-order valence-electron chi connectivity index (χ4n) is 2.41. The average Bonchev–Trinajstić information content (AvgIpc) is 2.82. The van der Waals surface area contributed by atoms with Gasteiger partial charge >= 0.3 is 0 Å². The second kappa shape index (κ2) is 7.17. The van der Waals surface area contributed by atoms with Crippen molar-refractivity contribution in [3.63, 3.8) is 0 Å².